The predicted molar refractivity (Wildman–Crippen MR) is 64.1 cm³/mol. The lowest BCUT2D eigenvalue weighted by Crippen LogP contribution is -2.21. The van der Waals surface area contributed by atoms with Crippen LogP contribution in [0, 0.1) is 5.92 Å². The summed E-state index contributed by atoms with van der Waals surface area (Å²) < 4.78 is 4.88. The molecule has 1 aliphatic rings. The van der Waals surface area contributed by atoms with E-state index >= 15 is 0 Å². The Morgan fingerprint density at radius 2 is 1.76 bits per heavy atom. The Labute approximate surface area is 101 Å². The fraction of sp³-hybridized carbons (Fsp3) is 0.429. The van der Waals surface area contributed by atoms with Crippen molar-refractivity contribution in [1.29, 1.82) is 0 Å². The molecule has 3 heteroatoms. The van der Waals surface area contributed by atoms with E-state index in [1.807, 2.05) is 0 Å². The van der Waals surface area contributed by atoms with Gasteiger partial charge in [-0.15, -0.1) is 0 Å². The van der Waals surface area contributed by atoms with E-state index in [1.165, 1.54) is 0 Å². The van der Waals surface area contributed by atoms with Gasteiger partial charge in [0, 0.05) is 11.5 Å². The second-order valence-electron chi connectivity index (χ2n) is 4.29. The molecule has 0 amide bonds. The minimum atomic E-state index is -0.338. The lowest BCUT2D eigenvalue weighted by atomic mass is 9.80. The normalized spacial score (nSPS) is 15.1. The van der Waals surface area contributed by atoms with Gasteiger partial charge in [0.15, 0.2) is 5.78 Å². The Kier molecular flexibility index (Phi) is 3.57. The number of carbonyl (C=O) groups is 2. The summed E-state index contributed by atoms with van der Waals surface area (Å²) in [6.45, 7) is 2.13. The van der Waals surface area contributed by atoms with Gasteiger partial charge < -0.3 is 4.74 Å². The summed E-state index contributed by atoms with van der Waals surface area (Å²) in [6, 6.07) is 6.74. The Balaban J connectivity index is 2.06. The number of carbonyl (C=O) groups excluding carboxylic acids is 2. The molecule has 0 unspecified atom stereocenters. The second-order valence-corrected chi connectivity index (χ2v) is 4.29. The number of esters is 1. The average molecular weight is 232 g/mol. The van der Waals surface area contributed by atoms with Gasteiger partial charge in [-0.3, -0.25) is 4.79 Å². The molecule has 1 aliphatic carbocycles. The Hall–Kier alpha value is -1.64. The molecule has 3 nitrogen and oxygen atoms in total. The maximum Gasteiger partial charge on any atom is 0.338 e. The third kappa shape index (κ3) is 2.54. The molecule has 2 rings (SSSR count). The van der Waals surface area contributed by atoms with Crippen molar-refractivity contribution in [2.45, 2.75) is 26.2 Å². The lowest BCUT2D eigenvalue weighted by Gasteiger charge is -2.23. The fourth-order valence-corrected chi connectivity index (χ4v) is 1.89. The van der Waals surface area contributed by atoms with E-state index in [0.29, 0.717) is 17.7 Å². The average Bonchev–Trinajstić information content (AvgIpc) is 2.27. The van der Waals surface area contributed by atoms with Crippen LogP contribution in [0.5, 0.6) is 0 Å². The standard InChI is InChI=1S/C14H16O3/c1-2-17-14(16)12-8-6-11(7-9-12)13(15)10-4-3-5-10/h6-10H,2-5H2,1H3. The summed E-state index contributed by atoms with van der Waals surface area (Å²) in [5, 5.41) is 0. The van der Waals surface area contributed by atoms with E-state index in [4.69, 9.17) is 4.74 Å². The summed E-state index contributed by atoms with van der Waals surface area (Å²) in [5.41, 5.74) is 1.19. The molecule has 1 aromatic rings. The number of Topliss-reactive ketones (excluding diaryl/α,β-unsaturated/α-hetero) is 1. The van der Waals surface area contributed by atoms with Gasteiger partial charge in [0.25, 0.3) is 0 Å². The van der Waals surface area contributed by atoms with Crippen LogP contribution in [0.1, 0.15) is 46.9 Å². The quantitative estimate of drug-likeness (QED) is 0.592. The van der Waals surface area contributed by atoms with E-state index in [0.717, 1.165) is 19.3 Å². The summed E-state index contributed by atoms with van der Waals surface area (Å²) in [5.74, 6) is 0.0604. The first kappa shape index (κ1) is 11.8. The zero-order chi connectivity index (χ0) is 12.3. The van der Waals surface area contributed by atoms with Crippen molar-refractivity contribution in [2.75, 3.05) is 6.61 Å². The minimum absolute atomic E-state index is 0.198. The van der Waals surface area contributed by atoms with Crippen LogP contribution in [0.15, 0.2) is 24.3 Å². The summed E-state index contributed by atoms with van der Waals surface area (Å²) in [4.78, 5) is 23.3. The van der Waals surface area contributed by atoms with E-state index in [1.54, 1.807) is 31.2 Å². The van der Waals surface area contributed by atoms with Crippen molar-refractivity contribution < 1.29 is 14.3 Å². The monoisotopic (exact) mass is 232 g/mol. The number of rotatable bonds is 4. The molecule has 0 saturated heterocycles. The first-order valence-electron chi connectivity index (χ1n) is 6.03. The van der Waals surface area contributed by atoms with Gasteiger partial charge in [0.2, 0.25) is 0 Å². The molecule has 1 fully saturated rings. The topological polar surface area (TPSA) is 43.4 Å². The van der Waals surface area contributed by atoms with E-state index < -0.39 is 0 Å². The van der Waals surface area contributed by atoms with Crippen LogP contribution in [-0.2, 0) is 4.74 Å². The van der Waals surface area contributed by atoms with Crippen LogP contribution in [-0.4, -0.2) is 18.4 Å². The van der Waals surface area contributed by atoms with Crippen LogP contribution in [0.25, 0.3) is 0 Å². The molecule has 0 radical (unpaired) electrons. The fourth-order valence-electron chi connectivity index (χ4n) is 1.89. The van der Waals surface area contributed by atoms with Crippen LogP contribution in [0.4, 0.5) is 0 Å². The second kappa shape index (κ2) is 5.13. The maximum absolute atomic E-state index is 11.9. The summed E-state index contributed by atoms with van der Waals surface area (Å²) in [6.07, 6.45) is 3.15. The van der Waals surface area contributed by atoms with E-state index in [9.17, 15) is 9.59 Å². The highest BCUT2D eigenvalue weighted by Crippen LogP contribution is 2.29. The largest absolute Gasteiger partial charge is 0.462 e. The summed E-state index contributed by atoms with van der Waals surface area (Å²) in [7, 11) is 0. The zero-order valence-corrected chi connectivity index (χ0v) is 9.94. The van der Waals surface area contributed by atoms with Gasteiger partial charge in [-0.2, -0.15) is 0 Å². The molecule has 0 bridgehead atoms. The Bertz CT molecular complexity index is 416. The molecule has 0 N–H and O–H groups in total. The maximum atomic E-state index is 11.9. The van der Waals surface area contributed by atoms with Crippen molar-refractivity contribution in [2.24, 2.45) is 5.92 Å². The van der Waals surface area contributed by atoms with Crippen molar-refractivity contribution in [3.05, 3.63) is 35.4 Å². The number of ketones is 1. The van der Waals surface area contributed by atoms with Gasteiger partial charge >= 0.3 is 5.97 Å². The molecule has 0 aliphatic heterocycles. The molecular formula is C14H16O3. The molecule has 17 heavy (non-hydrogen) atoms. The lowest BCUT2D eigenvalue weighted by molar-refractivity contribution is 0.0526. The number of hydrogen-bond donors (Lipinski definition) is 0. The molecule has 90 valence electrons. The minimum Gasteiger partial charge on any atom is -0.462 e. The molecule has 0 aromatic heterocycles. The van der Waals surface area contributed by atoms with Gasteiger partial charge in [0.05, 0.1) is 12.2 Å². The van der Waals surface area contributed by atoms with E-state index in [-0.39, 0.29) is 17.7 Å². The van der Waals surface area contributed by atoms with Crippen LogP contribution < -0.4 is 0 Å². The smallest absolute Gasteiger partial charge is 0.338 e. The highest BCUT2D eigenvalue weighted by Gasteiger charge is 2.26. The highest BCUT2D eigenvalue weighted by atomic mass is 16.5. The van der Waals surface area contributed by atoms with Crippen LogP contribution >= 0.6 is 0 Å². The molecular weight excluding hydrogens is 216 g/mol. The van der Waals surface area contributed by atoms with Crippen molar-refractivity contribution in [3.63, 3.8) is 0 Å². The zero-order valence-electron chi connectivity index (χ0n) is 9.94. The molecule has 1 aromatic carbocycles. The van der Waals surface area contributed by atoms with E-state index in [2.05, 4.69) is 0 Å². The first-order chi connectivity index (χ1) is 8.22. The SMILES string of the molecule is CCOC(=O)c1ccc(C(=O)C2CCC2)cc1. The van der Waals surface area contributed by atoms with Crippen LogP contribution in [0.3, 0.4) is 0 Å². The van der Waals surface area contributed by atoms with Gasteiger partial charge in [-0.25, -0.2) is 4.79 Å². The van der Waals surface area contributed by atoms with Crippen LogP contribution in [0.2, 0.25) is 0 Å². The number of benzene rings is 1. The molecule has 0 spiro atoms. The van der Waals surface area contributed by atoms with Gasteiger partial charge in [-0.1, -0.05) is 18.6 Å². The van der Waals surface area contributed by atoms with Crippen molar-refractivity contribution in [3.8, 4) is 0 Å². The van der Waals surface area contributed by atoms with Crippen molar-refractivity contribution in [1.82, 2.24) is 0 Å². The molecule has 0 heterocycles. The third-order valence-electron chi connectivity index (χ3n) is 3.16. The predicted octanol–water partition coefficient (Wildman–Crippen LogP) is 2.85. The third-order valence-corrected chi connectivity index (χ3v) is 3.16. The number of hydrogen-bond acceptors (Lipinski definition) is 3. The van der Waals surface area contributed by atoms with Gasteiger partial charge in [0.1, 0.15) is 0 Å². The Morgan fingerprint density at radius 1 is 1.18 bits per heavy atom. The summed E-state index contributed by atoms with van der Waals surface area (Å²) >= 11 is 0. The highest BCUT2D eigenvalue weighted by molar-refractivity contribution is 5.99. The molecule has 1 saturated carbocycles. The number of ether oxygens (including phenoxy) is 1. The first-order valence-corrected chi connectivity index (χ1v) is 6.03. The van der Waals surface area contributed by atoms with Gasteiger partial charge in [-0.05, 0) is 31.9 Å². The Morgan fingerprint density at radius 3 is 2.24 bits per heavy atom. The van der Waals surface area contributed by atoms with Crippen molar-refractivity contribution >= 4 is 11.8 Å². The molecule has 0 atom stereocenters.